The smallest absolute Gasteiger partial charge is 0.309 e. The van der Waals surface area contributed by atoms with Crippen molar-refractivity contribution in [1.82, 2.24) is 0 Å². The zero-order valence-corrected chi connectivity index (χ0v) is 6.67. The summed E-state index contributed by atoms with van der Waals surface area (Å²) in [6.07, 6.45) is 4.25. The molecule has 0 aromatic rings. The summed E-state index contributed by atoms with van der Waals surface area (Å²) in [4.78, 5) is 11.1. The lowest BCUT2D eigenvalue weighted by atomic mass is 9.83. The second kappa shape index (κ2) is 2.36. The Morgan fingerprint density at radius 1 is 1.64 bits per heavy atom. The predicted octanol–water partition coefficient (Wildman–Crippen LogP) is 1.52. The van der Waals surface area contributed by atoms with Crippen molar-refractivity contribution in [2.24, 2.45) is 11.8 Å². The maximum atomic E-state index is 11.1. The van der Waals surface area contributed by atoms with E-state index in [1.807, 2.05) is 0 Å². The maximum absolute atomic E-state index is 11.1. The van der Waals surface area contributed by atoms with Gasteiger partial charge in [-0.05, 0) is 19.8 Å². The van der Waals surface area contributed by atoms with Crippen molar-refractivity contribution in [2.75, 3.05) is 6.61 Å². The van der Waals surface area contributed by atoms with E-state index in [-0.39, 0.29) is 11.9 Å². The van der Waals surface area contributed by atoms with Crippen LogP contribution in [0.25, 0.3) is 0 Å². The van der Waals surface area contributed by atoms with Gasteiger partial charge in [0, 0.05) is 5.92 Å². The van der Waals surface area contributed by atoms with Crippen molar-refractivity contribution in [1.29, 1.82) is 0 Å². The largest absolute Gasteiger partial charge is 0.465 e. The first-order chi connectivity index (χ1) is 5.27. The quantitative estimate of drug-likeness (QED) is 0.388. The normalized spacial score (nSPS) is 36.1. The third kappa shape index (κ3) is 1.06. The molecule has 2 nitrogen and oxygen atoms in total. The first-order valence-electron chi connectivity index (χ1n) is 4.11. The van der Waals surface area contributed by atoms with E-state index in [0.717, 1.165) is 12.8 Å². The molecule has 1 fully saturated rings. The molecule has 60 valence electrons. The first kappa shape index (κ1) is 6.89. The Bertz CT molecular complexity index is 218. The van der Waals surface area contributed by atoms with Gasteiger partial charge in [-0.3, -0.25) is 4.79 Å². The summed E-state index contributed by atoms with van der Waals surface area (Å²) in [5, 5.41) is 0. The van der Waals surface area contributed by atoms with Crippen LogP contribution in [0.5, 0.6) is 0 Å². The molecule has 0 amide bonds. The van der Waals surface area contributed by atoms with Crippen molar-refractivity contribution < 1.29 is 9.53 Å². The number of ether oxygens (including phenoxy) is 1. The molecule has 1 aliphatic carbocycles. The van der Waals surface area contributed by atoms with Crippen LogP contribution in [0.3, 0.4) is 0 Å². The van der Waals surface area contributed by atoms with Gasteiger partial charge in [-0.15, -0.1) is 0 Å². The Hall–Kier alpha value is -0.790. The Labute approximate surface area is 66.2 Å². The number of esters is 1. The molecule has 0 radical (unpaired) electrons. The molecule has 0 unspecified atom stereocenters. The summed E-state index contributed by atoms with van der Waals surface area (Å²) in [7, 11) is 0. The second-order valence-electron chi connectivity index (χ2n) is 3.45. The van der Waals surface area contributed by atoms with Crippen molar-refractivity contribution in [2.45, 2.75) is 19.8 Å². The number of hydrogen-bond acceptors (Lipinski definition) is 2. The van der Waals surface area contributed by atoms with Crippen LogP contribution >= 0.6 is 0 Å². The fourth-order valence-electron chi connectivity index (χ4n) is 1.90. The van der Waals surface area contributed by atoms with Crippen molar-refractivity contribution in [3.63, 3.8) is 0 Å². The van der Waals surface area contributed by atoms with Crippen LogP contribution in [0.4, 0.5) is 0 Å². The van der Waals surface area contributed by atoms with Gasteiger partial charge in [-0.2, -0.15) is 0 Å². The highest BCUT2D eigenvalue weighted by Crippen LogP contribution is 2.33. The molecule has 0 aromatic carbocycles. The highest BCUT2D eigenvalue weighted by molar-refractivity contribution is 5.75. The molecule has 2 aliphatic rings. The molecule has 2 atom stereocenters. The number of hydrogen-bond donors (Lipinski definition) is 0. The molecular weight excluding hydrogens is 140 g/mol. The fourth-order valence-corrected chi connectivity index (χ4v) is 1.90. The van der Waals surface area contributed by atoms with Crippen molar-refractivity contribution >= 4 is 5.97 Å². The lowest BCUT2D eigenvalue weighted by Crippen LogP contribution is -2.17. The molecule has 1 heterocycles. The Morgan fingerprint density at radius 3 is 3.27 bits per heavy atom. The molecule has 0 bridgehead atoms. The van der Waals surface area contributed by atoms with Gasteiger partial charge in [0.15, 0.2) is 0 Å². The molecule has 0 saturated carbocycles. The van der Waals surface area contributed by atoms with Gasteiger partial charge in [-0.25, -0.2) is 0 Å². The first-order valence-corrected chi connectivity index (χ1v) is 4.11. The molecule has 0 N–H and O–H groups in total. The third-order valence-corrected chi connectivity index (χ3v) is 2.59. The van der Waals surface area contributed by atoms with Crippen LogP contribution in [0.15, 0.2) is 11.6 Å². The van der Waals surface area contributed by atoms with Crippen LogP contribution in [-0.4, -0.2) is 12.6 Å². The third-order valence-electron chi connectivity index (χ3n) is 2.59. The van der Waals surface area contributed by atoms with Crippen LogP contribution < -0.4 is 0 Å². The Morgan fingerprint density at radius 2 is 2.45 bits per heavy atom. The van der Waals surface area contributed by atoms with E-state index in [2.05, 4.69) is 13.0 Å². The van der Waals surface area contributed by atoms with E-state index < -0.39 is 0 Å². The van der Waals surface area contributed by atoms with Gasteiger partial charge < -0.3 is 4.74 Å². The summed E-state index contributed by atoms with van der Waals surface area (Å²) in [6.45, 7) is 2.74. The minimum atomic E-state index is 0.0127. The Balaban J connectivity index is 2.20. The van der Waals surface area contributed by atoms with Gasteiger partial charge in [0.25, 0.3) is 0 Å². The number of carbonyl (C=O) groups excluding carboxylic acids is 1. The van der Waals surface area contributed by atoms with E-state index >= 15 is 0 Å². The fraction of sp³-hybridized carbons (Fsp3) is 0.667. The second-order valence-corrected chi connectivity index (χ2v) is 3.45. The highest BCUT2D eigenvalue weighted by Gasteiger charge is 2.36. The monoisotopic (exact) mass is 152 g/mol. The number of rotatable bonds is 0. The minimum absolute atomic E-state index is 0.0127. The summed E-state index contributed by atoms with van der Waals surface area (Å²) in [5.41, 5.74) is 1.41. The number of fused-ring (bicyclic) bond motifs is 1. The number of carbonyl (C=O) groups is 1. The molecule has 2 heteroatoms. The van der Waals surface area contributed by atoms with Gasteiger partial charge >= 0.3 is 5.97 Å². The van der Waals surface area contributed by atoms with Gasteiger partial charge in [0.1, 0.15) is 0 Å². The summed E-state index contributed by atoms with van der Waals surface area (Å²) in [6, 6.07) is 0. The minimum Gasteiger partial charge on any atom is -0.465 e. The number of cyclic esters (lactones) is 1. The lowest BCUT2D eigenvalue weighted by molar-refractivity contribution is -0.141. The van der Waals surface area contributed by atoms with E-state index in [0.29, 0.717) is 12.5 Å². The van der Waals surface area contributed by atoms with Crippen LogP contribution in [-0.2, 0) is 9.53 Å². The van der Waals surface area contributed by atoms with Gasteiger partial charge in [-0.1, -0.05) is 11.6 Å². The summed E-state index contributed by atoms with van der Waals surface area (Å²) in [5.74, 6) is 0.577. The van der Waals surface area contributed by atoms with E-state index in [1.54, 1.807) is 0 Å². The Kier molecular flexibility index (Phi) is 1.48. The average Bonchev–Trinajstić information content (AvgIpc) is 2.32. The van der Waals surface area contributed by atoms with Crippen molar-refractivity contribution in [3.05, 3.63) is 11.6 Å². The van der Waals surface area contributed by atoms with E-state index in [9.17, 15) is 4.79 Å². The van der Waals surface area contributed by atoms with Crippen LogP contribution in [0.1, 0.15) is 19.8 Å². The standard InChI is InChI=1S/C9H12O2/c1-6-2-3-8-7(4-6)5-11-9(8)10/h4,7-8H,2-3,5H2,1H3/t7-,8-/m0/s1. The maximum Gasteiger partial charge on any atom is 0.309 e. The molecule has 0 spiro atoms. The lowest BCUT2D eigenvalue weighted by Gasteiger charge is -2.17. The topological polar surface area (TPSA) is 26.3 Å². The van der Waals surface area contributed by atoms with E-state index in [1.165, 1.54) is 5.57 Å². The SMILES string of the molecule is CC1=C[C@H]2COC(=O)[C@H]2CC1. The molecule has 11 heavy (non-hydrogen) atoms. The van der Waals surface area contributed by atoms with E-state index in [4.69, 9.17) is 4.74 Å². The zero-order chi connectivity index (χ0) is 7.84. The molecule has 0 aromatic heterocycles. The molecule has 1 aliphatic heterocycles. The predicted molar refractivity (Wildman–Crippen MR) is 40.9 cm³/mol. The zero-order valence-electron chi connectivity index (χ0n) is 6.67. The van der Waals surface area contributed by atoms with Gasteiger partial charge in [0.05, 0.1) is 12.5 Å². The average molecular weight is 152 g/mol. The highest BCUT2D eigenvalue weighted by atomic mass is 16.5. The van der Waals surface area contributed by atoms with Crippen LogP contribution in [0, 0.1) is 11.8 Å². The number of allylic oxidation sites excluding steroid dienone is 1. The molecule has 2 rings (SSSR count). The molecular formula is C9H12O2. The van der Waals surface area contributed by atoms with Gasteiger partial charge in [0.2, 0.25) is 0 Å². The van der Waals surface area contributed by atoms with Crippen molar-refractivity contribution in [3.8, 4) is 0 Å². The summed E-state index contributed by atoms with van der Waals surface area (Å²) >= 11 is 0. The molecule has 1 saturated heterocycles. The summed E-state index contributed by atoms with van der Waals surface area (Å²) < 4.78 is 4.96. The van der Waals surface area contributed by atoms with Crippen LogP contribution in [0.2, 0.25) is 0 Å².